The summed E-state index contributed by atoms with van der Waals surface area (Å²) < 4.78 is 51.1. The van der Waals surface area contributed by atoms with Crippen molar-refractivity contribution in [2.75, 3.05) is 5.73 Å². The molecule has 0 fully saturated rings. The summed E-state index contributed by atoms with van der Waals surface area (Å²) in [5, 5.41) is 0. The minimum atomic E-state index is -3.78. The fourth-order valence-electron chi connectivity index (χ4n) is 1.65. The average Bonchev–Trinajstić information content (AvgIpc) is 2.38. The first-order valence-electron chi connectivity index (χ1n) is 5.52. The average molecular weight is 362 g/mol. The van der Waals surface area contributed by atoms with Crippen molar-refractivity contribution >= 4 is 31.5 Å². The summed E-state index contributed by atoms with van der Waals surface area (Å²) in [5.74, 6) is -1.79. The van der Waals surface area contributed by atoms with Gasteiger partial charge in [-0.3, -0.25) is 0 Å². The molecule has 2 rings (SSSR count). The first-order chi connectivity index (χ1) is 9.31. The smallest absolute Gasteiger partial charge is 0.182 e. The van der Waals surface area contributed by atoms with E-state index in [1.165, 1.54) is 30.3 Å². The SMILES string of the molecule is Nc1ccc(S(=O)(=O)Cc2cccc(F)c2Br)cc1F. The molecule has 20 heavy (non-hydrogen) atoms. The lowest BCUT2D eigenvalue weighted by Gasteiger charge is -2.08. The van der Waals surface area contributed by atoms with Crippen LogP contribution >= 0.6 is 15.9 Å². The third kappa shape index (κ3) is 2.99. The van der Waals surface area contributed by atoms with Crippen LogP contribution in [-0.2, 0) is 15.6 Å². The molecule has 106 valence electrons. The van der Waals surface area contributed by atoms with Gasteiger partial charge >= 0.3 is 0 Å². The van der Waals surface area contributed by atoms with Gasteiger partial charge in [0.25, 0.3) is 0 Å². The van der Waals surface area contributed by atoms with Gasteiger partial charge in [0.15, 0.2) is 9.84 Å². The van der Waals surface area contributed by atoms with Gasteiger partial charge in [-0.25, -0.2) is 17.2 Å². The molecule has 0 spiro atoms. The van der Waals surface area contributed by atoms with Crippen LogP contribution in [0.2, 0.25) is 0 Å². The van der Waals surface area contributed by atoms with Gasteiger partial charge in [-0.05, 0) is 45.8 Å². The first kappa shape index (κ1) is 14.9. The predicted octanol–water partition coefficient (Wildman–Crippen LogP) is 3.28. The lowest BCUT2D eigenvalue weighted by Crippen LogP contribution is -2.07. The number of nitrogen functional groups attached to an aromatic ring is 1. The maximum absolute atomic E-state index is 13.4. The van der Waals surface area contributed by atoms with Crippen LogP contribution in [0.25, 0.3) is 0 Å². The van der Waals surface area contributed by atoms with Gasteiger partial charge in [-0.15, -0.1) is 0 Å². The number of hydrogen-bond acceptors (Lipinski definition) is 3. The highest BCUT2D eigenvalue weighted by molar-refractivity contribution is 9.10. The molecule has 0 amide bonds. The molecule has 0 aromatic heterocycles. The molecule has 0 bridgehead atoms. The third-order valence-electron chi connectivity index (χ3n) is 2.71. The highest BCUT2D eigenvalue weighted by Crippen LogP contribution is 2.26. The number of nitrogens with two attached hydrogens (primary N) is 1. The zero-order chi connectivity index (χ0) is 14.9. The Hall–Kier alpha value is -1.47. The summed E-state index contributed by atoms with van der Waals surface area (Å²) in [6.45, 7) is 0. The van der Waals surface area contributed by atoms with Crippen LogP contribution in [-0.4, -0.2) is 8.42 Å². The van der Waals surface area contributed by atoms with Crippen molar-refractivity contribution < 1.29 is 17.2 Å². The van der Waals surface area contributed by atoms with Gasteiger partial charge in [0.1, 0.15) is 11.6 Å². The van der Waals surface area contributed by atoms with Crippen molar-refractivity contribution in [1.82, 2.24) is 0 Å². The molecule has 0 heterocycles. The molecule has 2 aromatic carbocycles. The third-order valence-corrected chi connectivity index (χ3v) is 5.26. The van der Waals surface area contributed by atoms with Crippen LogP contribution in [0.4, 0.5) is 14.5 Å². The Bertz CT molecular complexity index is 763. The van der Waals surface area contributed by atoms with E-state index in [1.54, 1.807) is 0 Å². The number of benzene rings is 2. The Morgan fingerprint density at radius 2 is 1.80 bits per heavy atom. The second-order valence-corrected chi connectivity index (χ2v) is 6.94. The van der Waals surface area contributed by atoms with Crippen molar-refractivity contribution in [2.45, 2.75) is 10.6 Å². The molecular weight excluding hydrogens is 352 g/mol. The molecule has 3 nitrogen and oxygen atoms in total. The summed E-state index contributed by atoms with van der Waals surface area (Å²) >= 11 is 3.00. The van der Waals surface area contributed by atoms with Gasteiger partial charge in [0, 0.05) is 0 Å². The van der Waals surface area contributed by atoms with Gasteiger partial charge in [0.05, 0.1) is 20.8 Å². The van der Waals surface area contributed by atoms with E-state index in [4.69, 9.17) is 5.73 Å². The van der Waals surface area contributed by atoms with Gasteiger partial charge in [-0.2, -0.15) is 0 Å². The summed E-state index contributed by atoms with van der Waals surface area (Å²) in [5.41, 5.74) is 5.44. The number of anilines is 1. The summed E-state index contributed by atoms with van der Waals surface area (Å²) in [7, 11) is -3.78. The molecule has 0 unspecified atom stereocenters. The fraction of sp³-hybridized carbons (Fsp3) is 0.0769. The van der Waals surface area contributed by atoms with Crippen molar-refractivity contribution in [3.63, 3.8) is 0 Å². The highest BCUT2D eigenvalue weighted by Gasteiger charge is 2.19. The first-order valence-corrected chi connectivity index (χ1v) is 7.96. The van der Waals surface area contributed by atoms with Crippen LogP contribution in [0.5, 0.6) is 0 Å². The van der Waals surface area contributed by atoms with E-state index in [0.29, 0.717) is 0 Å². The van der Waals surface area contributed by atoms with Crippen LogP contribution in [0.15, 0.2) is 45.8 Å². The van der Waals surface area contributed by atoms with Crippen molar-refractivity contribution in [1.29, 1.82) is 0 Å². The Kier molecular flexibility index (Phi) is 4.10. The topological polar surface area (TPSA) is 60.2 Å². The minimum Gasteiger partial charge on any atom is -0.396 e. The Morgan fingerprint density at radius 3 is 2.45 bits per heavy atom. The van der Waals surface area contributed by atoms with E-state index in [9.17, 15) is 17.2 Å². The largest absolute Gasteiger partial charge is 0.396 e. The summed E-state index contributed by atoms with van der Waals surface area (Å²) in [4.78, 5) is -0.194. The van der Waals surface area contributed by atoms with Gasteiger partial charge < -0.3 is 5.73 Å². The molecule has 0 radical (unpaired) electrons. The Balaban J connectivity index is 2.41. The molecule has 0 aliphatic rings. The maximum atomic E-state index is 13.4. The number of rotatable bonds is 3. The quantitative estimate of drug-likeness (QED) is 0.853. The summed E-state index contributed by atoms with van der Waals surface area (Å²) in [6, 6.07) is 7.37. The normalized spacial score (nSPS) is 11.6. The maximum Gasteiger partial charge on any atom is 0.182 e. The van der Waals surface area contributed by atoms with E-state index in [2.05, 4.69) is 15.9 Å². The van der Waals surface area contributed by atoms with Crippen LogP contribution < -0.4 is 5.73 Å². The van der Waals surface area contributed by atoms with Crippen LogP contribution in [0, 0.1) is 11.6 Å². The molecule has 7 heteroatoms. The van der Waals surface area contributed by atoms with Crippen LogP contribution in [0.3, 0.4) is 0 Å². The standard InChI is InChI=1S/C13H10BrF2NO2S/c14-13-8(2-1-3-10(13)15)7-20(18,19)9-4-5-12(17)11(16)6-9/h1-6H,7,17H2. The second-order valence-electron chi connectivity index (χ2n) is 4.16. The zero-order valence-corrected chi connectivity index (χ0v) is 12.5. The van der Waals surface area contributed by atoms with Crippen molar-refractivity contribution in [3.05, 3.63) is 58.1 Å². The monoisotopic (exact) mass is 361 g/mol. The van der Waals surface area contributed by atoms with Gasteiger partial charge in [0.2, 0.25) is 0 Å². The Morgan fingerprint density at radius 1 is 1.10 bits per heavy atom. The molecule has 0 aliphatic carbocycles. The zero-order valence-electron chi connectivity index (χ0n) is 10.1. The number of halogens is 3. The van der Waals surface area contributed by atoms with E-state index in [-0.39, 0.29) is 20.6 Å². The lowest BCUT2D eigenvalue weighted by atomic mass is 10.2. The molecule has 2 N–H and O–H groups in total. The Labute approximate surface area is 123 Å². The highest BCUT2D eigenvalue weighted by atomic mass is 79.9. The van der Waals surface area contributed by atoms with E-state index in [1.807, 2.05) is 0 Å². The number of hydrogen-bond donors (Lipinski definition) is 1. The van der Waals surface area contributed by atoms with E-state index in [0.717, 1.165) is 6.07 Å². The molecule has 0 aliphatic heterocycles. The summed E-state index contributed by atoms with van der Waals surface area (Å²) in [6.07, 6.45) is 0. The second kappa shape index (κ2) is 5.49. The van der Waals surface area contributed by atoms with Crippen LogP contribution in [0.1, 0.15) is 5.56 Å². The lowest BCUT2D eigenvalue weighted by molar-refractivity contribution is 0.590. The van der Waals surface area contributed by atoms with Crippen molar-refractivity contribution in [3.8, 4) is 0 Å². The van der Waals surface area contributed by atoms with E-state index >= 15 is 0 Å². The molecule has 0 saturated heterocycles. The molecule has 0 atom stereocenters. The number of sulfone groups is 1. The predicted molar refractivity (Wildman–Crippen MR) is 75.8 cm³/mol. The van der Waals surface area contributed by atoms with Gasteiger partial charge in [-0.1, -0.05) is 12.1 Å². The fourth-order valence-corrected chi connectivity index (χ4v) is 3.61. The van der Waals surface area contributed by atoms with Crippen molar-refractivity contribution in [2.24, 2.45) is 0 Å². The van der Waals surface area contributed by atoms with E-state index < -0.39 is 27.2 Å². The molecular formula is C13H10BrF2NO2S. The minimum absolute atomic E-state index is 0.0829. The molecule has 0 saturated carbocycles. The molecule has 2 aromatic rings.